The number of nitrogens with zero attached hydrogens (tertiary/aromatic N) is 1. The lowest BCUT2D eigenvalue weighted by molar-refractivity contribution is 0.0190. The summed E-state index contributed by atoms with van der Waals surface area (Å²) in [7, 11) is -3.43. The average Bonchev–Trinajstić information content (AvgIpc) is 2.26. The fourth-order valence-electron chi connectivity index (χ4n) is 2.13. The van der Waals surface area contributed by atoms with E-state index in [1.54, 1.807) is 11.8 Å². The SMILES string of the molecule is CCOS(=O)(=O)CC1CCN(C(=O)OC(C)(C)C)CC1. The van der Waals surface area contributed by atoms with Gasteiger partial charge in [-0.1, -0.05) is 0 Å². The molecule has 1 heterocycles. The van der Waals surface area contributed by atoms with E-state index in [0.717, 1.165) is 0 Å². The summed E-state index contributed by atoms with van der Waals surface area (Å²) in [5, 5.41) is 0. The highest BCUT2D eigenvalue weighted by molar-refractivity contribution is 7.86. The number of ether oxygens (including phenoxy) is 1. The Morgan fingerprint density at radius 1 is 1.25 bits per heavy atom. The molecule has 1 aliphatic heterocycles. The van der Waals surface area contributed by atoms with Crippen LogP contribution in [0.25, 0.3) is 0 Å². The van der Waals surface area contributed by atoms with E-state index < -0.39 is 15.7 Å². The van der Waals surface area contributed by atoms with Crippen LogP contribution in [0, 0.1) is 5.92 Å². The Hall–Kier alpha value is -0.820. The molecule has 7 heteroatoms. The largest absolute Gasteiger partial charge is 0.444 e. The van der Waals surface area contributed by atoms with Crippen LogP contribution in [0.1, 0.15) is 40.5 Å². The molecule has 0 saturated carbocycles. The third kappa shape index (κ3) is 6.09. The summed E-state index contributed by atoms with van der Waals surface area (Å²) in [4.78, 5) is 13.5. The number of rotatable bonds is 4. The van der Waals surface area contributed by atoms with Gasteiger partial charge in [0.05, 0.1) is 12.4 Å². The topological polar surface area (TPSA) is 72.9 Å². The Labute approximate surface area is 121 Å². The van der Waals surface area contributed by atoms with Crippen LogP contribution in [0.15, 0.2) is 0 Å². The van der Waals surface area contributed by atoms with E-state index >= 15 is 0 Å². The predicted molar refractivity (Wildman–Crippen MR) is 75.9 cm³/mol. The number of likely N-dealkylation sites (tertiary alicyclic amines) is 1. The maximum Gasteiger partial charge on any atom is 0.410 e. The first-order valence-electron chi connectivity index (χ1n) is 6.98. The standard InChI is InChI=1S/C13H25NO5S/c1-5-18-20(16,17)10-11-6-8-14(9-7-11)12(15)19-13(2,3)4/h11H,5-10H2,1-4H3. The molecule has 0 spiro atoms. The molecule has 118 valence electrons. The Balaban J connectivity index is 2.42. The fraction of sp³-hybridized carbons (Fsp3) is 0.923. The summed E-state index contributed by atoms with van der Waals surface area (Å²) in [6, 6.07) is 0. The Morgan fingerprint density at radius 3 is 2.25 bits per heavy atom. The molecule has 0 aromatic rings. The molecule has 0 atom stereocenters. The molecule has 0 aromatic carbocycles. The second-order valence-corrected chi connectivity index (χ2v) is 7.73. The highest BCUT2D eigenvalue weighted by Gasteiger charge is 2.29. The summed E-state index contributed by atoms with van der Waals surface area (Å²) >= 11 is 0. The van der Waals surface area contributed by atoms with Gasteiger partial charge in [-0.3, -0.25) is 4.18 Å². The zero-order valence-corrected chi connectivity index (χ0v) is 13.5. The van der Waals surface area contributed by atoms with Gasteiger partial charge in [0.15, 0.2) is 0 Å². The quantitative estimate of drug-likeness (QED) is 0.743. The smallest absolute Gasteiger partial charge is 0.410 e. The van der Waals surface area contributed by atoms with E-state index in [1.807, 2.05) is 20.8 Å². The van der Waals surface area contributed by atoms with Gasteiger partial charge in [0.25, 0.3) is 10.1 Å². The summed E-state index contributed by atoms with van der Waals surface area (Å²) in [6.45, 7) is 8.36. The predicted octanol–water partition coefficient (Wildman–Crippen LogP) is 2.00. The molecule has 0 N–H and O–H groups in total. The maximum absolute atomic E-state index is 11.9. The van der Waals surface area contributed by atoms with Gasteiger partial charge in [-0.05, 0) is 46.5 Å². The van der Waals surface area contributed by atoms with Crippen molar-refractivity contribution in [1.29, 1.82) is 0 Å². The number of hydrogen-bond donors (Lipinski definition) is 0. The third-order valence-electron chi connectivity index (χ3n) is 3.00. The van der Waals surface area contributed by atoms with Gasteiger partial charge in [-0.25, -0.2) is 4.79 Å². The van der Waals surface area contributed by atoms with Crippen LogP contribution in [0.3, 0.4) is 0 Å². The Bertz CT molecular complexity index is 419. The number of hydrogen-bond acceptors (Lipinski definition) is 5. The molecule has 1 saturated heterocycles. The van der Waals surface area contributed by atoms with Gasteiger partial charge in [0, 0.05) is 13.1 Å². The minimum atomic E-state index is -3.43. The van der Waals surface area contributed by atoms with Crippen LogP contribution in [0.2, 0.25) is 0 Å². The molecule has 1 fully saturated rings. The van der Waals surface area contributed by atoms with E-state index in [-0.39, 0.29) is 24.4 Å². The van der Waals surface area contributed by atoms with Crippen molar-refractivity contribution in [3.8, 4) is 0 Å². The van der Waals surface area contributed by atoms with Crippen LogP contribution in [-0.4, -0.2) is 50.5 Å². The van der Waals surface area contributed by atoms with Crippen molar-refractivity contribution < 1.29 is 22.1 Å². The Kier molecular flexibility index (Phi) is 5.82. The monoisotopic (exact) mass is 307 g/mol. The molecule has 6 nitrogen and oxygen atoms in total. The first kappa shape index (κ1) is 17.2. The van der Waals surface area contributed by atoms with E-state index in [1.165, 1.54) is 0 Å². The lowest BCUT2D eigenvalue weighted by Crippen LogP contribution is -2.42. The molecule has 1 amide bonds. The molecule has 0 bridgehead atoms. The minimum Gasteiger partial charge on any atom is -0.444 e. The molecule has 1 aliphatic rings. The molecular formula is C13H25NO5S. The van der Waals surface area contributed by atoms with Crippen molar-refractivity contribution in [3.63, 3.8) is 0 Å². The van der Waals surface area contributed by atoms with Crippen LogP contribution >= 0.6 is 0 Å². The third-order valence-corrected chi connectivity index (χ3v) is 4.48. The van der Waals surface area contributed by atoms with E-state index in [2.05, 4.69) is 0 Å². The second kappa shape index (κ2) is 6.76. The lowest BCUT2D eigenvalue weighted by atomic mass is 9.99. The molecular weight excluding hydrogens is 282 g/mol. The molecule has 1 rings (SSSR count). The van der Waals surface area contributed by atoms with Crippen molar-refractivity contribution in [2.24, 2.45) is 5.92 Å². The lowest BCUT2D eigenvalue weighted by Gasteiger charge is -2.33. The van der Waals surface area contributed by atoms with Gasteiger partial charge >= 0.3 is 6.09 Å². The molecule has 20 heavy (non-hydrogen) atoms. The van der Waals surface area contributed by atoms with E-state index in [9.17, 15) is 13.2 Å². The molecule has 0 radical (unpaired) electrons. The minimum absolute atomic E-state index is 0.0308. The fourth-order valence-corrected chi connectivity index (χ4v) is 3.49. The van der Waals surface area contributed by atoms with Gasteiger partial charge in [0.1, 0.15) is 5.60 Å². The molecule has 0 unspecified atom stereocenters. The van der Waals surface area contributed by atoms with E-state index in [4.69, 9.17) is 8.92 Å². The average molecular weight is 307 g/mol. The number of piperidine rings is 1. The normalized spacial score (nSPS) is 18.1. The van der Waals surface area contributed by atoms with Crippen molar-refractivity contribution in [1.82, 2.24) is 4.90 Å². The first-order chi connectivity index (χ1) is 9.13. The van der Waals surface area contributed by atoms with Crippen molar-refractivity contribution >= 4 is 16.2 Å². The zero-order chi connectivity index (χ0) is 15.4. The summed E-state index contributed by atoms with van der Waals surface area (Å²) in [5.41, 5.74) is -0.508. The van der Waals surface area contributed by atoms with Crippen LogP contribution in [-0.2, 0) is 19.0 Å². The van der Waals surface area contributed by atoms with Crippen molar-refractivity contribution in [3.05, 3.63) is 0 Å². The van der Waals surface area contributed by atoms with Gasteiger partial charge in [0.2, 0.25) is 0 Å². The second-order valence-electron chi connectivity index (χ2n) is 6.04. The summed E-state index contributed by atoms with van der Waals surface area (Å²) < 4.78 is 33.2. The van der Waals surface area contributed by atoms with Gasteiger partial charge in [-0.2, -0.15) is 8.42 Å². The number of carbonyl (C=O) groups excluding carboxylic acids is 1. The zero-order valence-electron chi connectivity index (χ0n) is 12.7. The molecule has 0 aliphatic carbocycles. The number of amides is 1. The summed E-state index contributed by atoms with van der Waals surface area (Å²) in [5.74, 6) is 0.0773. The van der Waals surface area contributed by atoms with Crippen LogP contribution in [0.5, 0.6) is 0 Å². The van der Waals surface area contributed by atoms with Crippen LogP contribution < -0.4 is 0 Å². The van der Waals surface area contributed by atoms with Crippen LogP contribution in [0.4, 0.5) is 4.79 Å². The Morgan fingerprint density at radius 2 is 1.80 bits per heavy atom. The van der Waals surface area contributed by atoms with Crippen molar-refractivity contribution in [2.45, 2.75) is 46.1 Å². The summed E-state index contributed by atoms with van der Waals surface area (Å²) in [6.07, 6.45) is 0.987. The number of carbonyl (C=O) groups is 1. The first-order valence-corrected chi connectivity index (χ1v) is 8.55. The molecule has 0 aromatic heterocycles. The van der Waals surface area contributed by atoms with Gasteiger partial charge < -0.3 is 9.64 Å². The highest BCUT2D eigenvalue weighted by Crippen LogP contribution is 2.21. The maximum atomic E-state index is 11.9. The van der Waals surface area contributed by atoms with Crippen molar-refractivity contribution in [2.75, 3.05) is 25.4 Å². The van der Waals surface area contributed by atoms with Gasteiger partial charge in [-0.15, -0.1) is 0 Å². The van der Waals surface area contributed by atoms with E-state index in [0.29, 0.717) is 25.9 Å². The highest BCUT2D eigenvalue weighted by atomic mass is 32.2.